The Hall–Kier alpha value is -3.40. The quantitative estimate of drug-likeness (QED) is 0.551. The van der Waals surface area contributed by atoms with Crippen LogP contribution in [0.3, 0.4) is 0 Å². The van der Waals surface area contributed by atoms with Gasteiger partial charge in [0.25, 0.3) is 0 Å². The van der Waals surface area contributed by atoms with Gasteiger partial charge in [0.2, 0.25) is 0 Å². The highest BCUT2D eigenvalue weighted by Gasteiger charge is 2.49. The lowest BCUT2D eigenvalue weighted by Crippen LogP contribution is -2.58. The van der Waals surface area contributed by atoms with Gasteiger partial charge >= 0.3 is 0 Å². The number of morpholine rings is 1. The van der Waals surface area contributed by atoms with Crippen LogP contribution >= 0.6 is 0 Å². The number of aryl methyl sites for hydroxylation is 1. The number of nitrogens with two attached hydrogens (primary N) is 1. The van der Waals surface area contributed by atoms with E-state index in [0.29, 0.717) is 31.4 Å². The molecule has 0 spiro atoms. The average Bonchev–Trinajstić information content (AvgIpc) is 3.19. The topological polar surface area (TPSA) is 112 Å². The van der Waals surface area contributed by atoms with E-state index in [1.54, 1.807) is 6.20 Å². The fraction of sp³-hybridized carbons (Fsp3) is 0.381. The van der Waals surface area contributed by atoms with E-state index >= 15 is 0 Å². The first-order chi connectivity index (χ1) is 14.9. The molecule has 2 aliphatic heterocycles. The van der Waals surface area contributed by atoms with E-state index in [1.165, 1.54) is 6.08 Å². The minimum Gasteiger partial charge on any atom is -0.396 e. The Kier molecular flexibility index (Phi) is 5.40. The van der Waals surface area contributed by atoms with Crippen molar-refractivity contribution >= 4 is 11.6 Å². The van der Waals surface area contributed by atoms with Crippen molar-refractivity contribution in [3.05, 3.63) is 60.0 Å². The fourth-order valence-corrected chi connectivity index (χ4v) is 4.01. The van der Waals surface area contributed by atoms with E-state index in [-0.39, 0.29) is 12.1 Å². The molecule has 0 aliphatic carbocycles. The third kappa shape index (κ3) is 3.42. The second-order valence-corrected chi connectivity index (χ2v) is 7.47. The number of fused-ring (bicyclic) bond motifs is 6. The SMILES string of the molecule is C=C/C(F)=C\C=C(/N)C(=O)Cc1ncc2c(n1)N1CCOCC1(CC)c1nnc(C)n1-2. The molecule has 31 heavy (non-hydrogen) atoms. The number of carbonyl (C=O) groups excluding carboxylic acids is 1. The predicted molar refractivity (Wildman–Crippen MR) is 112 cm³/mol. The van der Waals surface area contributed by atoms with Crippen LogP contribution in [0.15, 0.2) is 42.5 Å². The van der Waals surface area contributed by atoms with Crippen molar-refractivity contribution in [2.45, 2.75) is 32.2 Å². The largest absolute Gasteiger partial charge is 0.396 e. The van der Waals surface area contributed by atoms with Gasteiger partial charge in [-0.3, -0.25) is 9.36 Å². The van der Waals surface area contributed by atoms with Gasteiger partial charge < -0.3 is 15.4 Å². The van der Waals surface area contributed by atoms with Crippen LogP contribution in [-0.4, -0.2) is 50.3 Å². The summed E-state index contributed by atoms with van der Waals surface area (Å²) < 4.78 is 21.0. The molecule has 2 aliphatic rings. The Morgan fingerprint density at radius 1 is 1.42 bits per heavy atom. The Morgan fingerprint density at radius 3 is 2.97 bits per heavy atom. The van der Waals surface area contributed by atoms with Crippen LogP contribution in [0.2, 0.25) is 0 Å². The monoisotopic (exact) mass is 425 g/mol. The van der Waals surface area contributed by atoms with Crippen LogP contribution in [0, 0.1) is 6.92 Å². The van der Waals surface area contributed by atoms with Crippen LogP contribution in [0.4, 0.5) is 10.2 Å². The summed E-state index contributed by atoms with van der Waals surface area (Å²) in [4.78, 5) is 23.8. The first kappa shape index (κ1) is 20.9. The van der Waals surface area contributed by atoms with Crippen molar-refractivity contribution in [2.75, 3.05) is 24.7 Å². The molecule has 2 aromatic heterocycles. The number of halogens is 1. The number of nitrogens with zero attached hydrogens (tertiary/aromatic N) is 6. The highest BCUT2D eigenvalue weighted by Crippen LogP contribution is 2.44. The molecule has 0 saturated carbocycles. The Balaban J connectivity index is 1.72. The molecule has 162 valence electrons. The fourth-order valence-electron chi connectivity index (χ4n) is 4.01. The van der Waals surface area contributed by atoms with Gasteiger partial charge in [0.15, 0.2) is 17.4 Å². The summed E-state index contributed by atoms with van der Waals surface area (Å²) in [6, 6.07) is 0. The minimum atomic E-state index is -0.580. The van der Waals surface area contributed by atoms with Crippen molar-refractivity contribution in [3.63, 3.8) is 0 Å². The molecular formula is C21H24FN7O2. The Bertz CT molecular complexity index is 1110. The third-order valence-corrected chi connectivity index (χ3v) is 5.70. The number of Topliss-reactive ketones (excluding diaryl/α,β-unsaturated/α-hetero) is 1. The molecule has 0 amide bonds. The van der Waals surface area contributed by atoms with E-state index in [1.807, 2.05) is 11.5 Å². The van der Waals surface area contributed by atoms with E-state index in [4.69, 9.17) is 15.5 Å². The first-order valence-corrected chi connectivity index (χ1v) is 10.0. The maximum absolute atomic E-state index is 13.2. The zero-order valence-corrected chi connectivity index (χ0v) is 17.5. The number of hydrogen-bond donors (Lipinski definition) is 1. The summed E-state index contributed by atoms with van der Waals surface area (Å²) in [6.45, 7) is 8.92. The zero-order chi connectivity index (χ0) is 22.2. The van der Waals surface area contributed by atoms with Gasteiger partial charge in [0.1, 0.15) is 28.7 Å². The van der Waals surface area contributed by atoms with Crippen molar-refractivity contribution in [3.8, 4) is 5.69 Å². The summed E-state index contributed by atoms with van der Waals surface area (Å²) in [5.41, 5.74) is 5.98. The second kappa shape index (κ2) is 8.03. The molecule has 0 bridgehead atoms. The van der Waals surface area contributed by atoms with Crippen LogP contribution in [0.25, 0.3) is 5.69 Å². The minimum absolute atomic E-state index is 0.0791. The van der Waals surface area contributed by atoms with E-state index in [2.05, 4.69) is 33.6 Å². The average molecular weight is 425 g/mol. The van der Waals surface area contributed by atoms with Crippen molar-refractivity contribution in [1.82, 2.24) is 24.7 Å². The van der Waals surface area contributed by atoms with E-state index in [0.717, 1.165) is 35.9 Å². The van der Waals surface area contributed by atoms with Crippen molar-refractivity contribution in [1.29, 1.82) is 0 Å². The summed E-state index contributed by atoms with van der Waals surface area (Å²) in [7, 11) is 0. The number of allylic oxidation sites excluding steroid dienone is 5. The number of anilines is 1. The lowest BCUT2D eigenvalue weighted by molar-refractivity contribution is -0.115. The highest BCUT2D eigenvalue weighted by molar-refractivity contribution is 5.95. The van der Waals surface area contributed by atoms with Gasteiger partial charge in [-0.25, -0.2) is 14.4 Å². The maximum Gasteiger partial charge on any atom is 0.186 e. The number of hydrogen-bond acceptors (Lipinski definition) is 8. The van der Waals surface area contributed by atoms with Crippen molar-refractivity contribution < 1.29 is 13.9 Å². The molecule has 2 N–H and O–H groups in total. The normalized spacial score (nSPS) is 20.7. The molecule has 4 heterocycles. The standard InChI is InChI=1S/C21H24FN7O2/c1-4-14(22)6-7-15(23)17(30)10-18-24-11-16-19(25-18)28-8-9-31-12-21(28,5-2)20-27-26-13(3)29(16)20/h4,6-7,11H,1,5,8-10,12,23H2,2-3H3/b14-6+,15-7-. The van der Waals surface area contributed by atoms with Gasteiger partial charge in [-0.15, -0.1) is 10.2 Å². The molecule has 1 saturated heterocycles. The summed E-state index contributed by atoms with van der Waals surface area (Å²) in [5, 5.41) is 8.70. The second-order valence-electron chi connectivity index (χ2n) is 7.47. The number of aromatic nitrogens is 5. The molecule has 0 radical (unpaired) electrons. The zero-order valence-electron chi connectivity index (χ0n) is 17.5. The van der Waals surface area contributed by atoms with Crippen LogP contribution in [0.1, 0.15) is 30.8 Å². The molecule has 4 rings (SSSR count). The van der Waals surface area contributed by atoms with Crippen molar-refractivity contribution in [2.24, 2.45) is 5.73 Å². The summed E-state index contributed by atoms with van der Waals surface area (Å²) in [5.74, 6) is 1.59. The van der Waals surface area contributed by atoms with Crippen LogP contribution < -0.4 is 10.6 Å². The maximum atomic E-state index is 13.2. The third-order valence-electron chi connectivity index (χ3n) is 5.70. The number of ether oxygens (including phenoxy) is 1. The summed E-state index contributed by atoms with van der Waals surface area (Å²) >= 11 is 0. The highest BCUT2D eigenvalue weighted by atomic mass is 19.1. The van der Waals surface area contributed by atoms with E-state index in [9.17, 15) is 9.18 Å². The van der Waals surface area contributed by atoms with Gasteiger partial charge in [-0.1, -0.05) is 13.5 Å². The van der Waals surface area contributed by atoms with Gasteiger partial charge in [0, 0.05) is 6.54 Å². The van der Waals surface area contributed by atoms with Crippen LogP contribution in [-0.2, 0) is 21.5 Å². The lowest BCUT2D eigenvalue weighted by Gasteiger charge is -2.49. The molecular weight excluding hydrogens is 401 g/mol. The number of rotatable bonds is 6. The first-order valence-electron chi connectivity index (χ1n) is 10.0. The lowest BCUT2D eigenvalue weighted by atomic mass is 9.90. The summed E-state index contributed by atoms with van der Waals surface area (Å²) in [6.07, 6.45) is 5.67. The van der Waals surface area contributed by atoms with Crippen LogP contribution in [0.5, 0.6) is 0 Å². The van der Waals surface area contributed by atoms with Gasteiger partial charge in [-0.05, 0) is 31.6 Å². The number of carbonyl (C=O) groups is 1. The molecule has 1 atom stereocenters. The Labute approximate surface area is 179 Å². The molecule has 2 aromatic rings. The molecule has 1 fully saturated rings. The van der Waals surface area contributed by atoms with Gasteiger partial charge in [-0.2, -0.15) is 0 Å². The molecule has 0 aromatic carbocycles. The molecule has 1 unspecified atom stereocenters. The molecule has 10 heteroatoms. The van der Waals surface area contributed by atoms with Gasteiger partial charge in [0.05, 0.1) is 31.5 Å². The predicted octanol–water partition coefficient (Wildman–Crippen LogP) is 1.81. The number of ketones is 1. The smallest absolute Gasteiger partial charge is 0.186 e. The van der Waals surface area contributed by atoms with E-state index < -0.39 is 17.1 Å². The Morgan fingerprint density at radius 2 is 2.23 bits per heavy atom. The molecule has 9 nitrogen and oxygen atoms in total.